The maximum atomic E-state index is 15.4. The third-order valence-electron chi connectivity index (χ3n) is 17.9. The predicted octanol–water partition coefficient (Wildman–Crippen LogP) is 6.59. The van der Waals surface area contributed by atoms with E-state index in [0.29, 0.717) is 32.2 Å². The minimum atomic E-state index is -4.04. The molecule has 4 aliphatic carbocycles. The molecule has 0 aromatic heterocycles. The number of hydrogen-bond acceptors (Lipinski definition) is 8. The Bertz CT molecular complexity index is 1840. The SMILES string of the molecule is CCCC(CC)C(C)S(=O)(=O)NC(=O)C1(NC(=O)C2CC3(CN2C(=O)C(NC(=O)C(NC(=O)C2CCCCN2C(C)C)C2CCCCC2)C(C)(C)C)C(C)(C)C32CCC2)CC1CC. The van der Waals surface area contributed by atoms with Crippen LogP contribution in [0.3, 0.4) is 0 Å². The Hall–Kier alpha value is -2.74. The van der Waals surface area contributed by atoms with Crippen molar-refractivity contribution < 1.29 is 32.4 Å². The van der Waals surface area contributed by atoms with E-state index in [2.05, 4.69) is 53.3 Å². The minimum absolute atomic E-state index is 0.00744. The molecule has 6 aliphatic rings. The van der Waals surface area contributed by atoms with Gasteiger partial charge >= 0.3 is 0 Å². The van der Waals surface area contributed by atoms with Gasteiger partial charge in [-0.25, -0.2) is 8.42 Å². The lowest BCUT2D eigenvalue weighted by molar-refractivity contribution is -0.145. The molecule has 2 aliphatic heterocycles. The topological polar surface area (TPSA) is 174 Å². The highest BCUT2D eigenvalue weighted by Crippen LogP contribution is 2.88. The first-order valence-electron chi connectivity index (χ1n) is 25.0. The van der Waals surface area contributed by atoms with Crippen LogP contribution in [0.1, 0.15) is 185 Å². The summed E-state index contributed by atoms with van der Waals surface area (Å²) in [6.45, 7) is 23.2. The number of carbonyl (C=O) groups excluding carboxylic acids is 5. The van der Waals surface area contributed by atoms with Crippen molar-refractivity contribution in [2.24, 2.45) is 39.4 Å². The number of nitrogens with zero attached hydrogens (tertiary/aromatic N) is 2. The van der Waals surface area contributed by atoms with Gasteiger partial charge in [-0.3, -0.25) is 33.6 Å². The van der Waals surface area contributed by atoms with Crippen LogP contribution in [0, 0.1) is 39.4 Å². The molecule has 4 N–H and O–H groups in total. The van der Waals surface area contributed by atoms with Crippen molar-refractivity contribution in [2.75, 3.05) is 13.1 Å². The van der Waals surface area contributed by atoms with Gasteiger partial charge in [-0.1, -0.05) is 107 Å². The van der Waals surface area contributed by atoms with Gasteiger partial charge in [0, 0.05) is 18.0 Å². The fraction of sp³-hybridized carbons (Fsp3) is 0.898. The third kappa shape index (κ3) is 8.96. The predicted molar refractivity (Wildman–Crippen MR) is 246 cm³/mol. The molecule has 0 aromatic rings. The van der Waals surface area contributed by atoms with Gasteiger partial charge in [-0.15, -0.1) is 0 Å². The van der Waals surface area contributed by atoms with Gasteiger partial charge in [0.1, 0.15) is 23.7 Å². The van der Waals surface area contributed by atoms with Gasteiger partial charge in [0.05, 0.1) is 11.3 Å². The summed E-state index contributed by atoms with van der Waals surface area (Å²) < 4.78 is 29.7. The van der Waals surface area contributed by atoms with Gasteiger partial charge in [0.15, 0.2) is 0 Å². The number of sulfonamides is 1. The Labute approximate surface area is 380 Å². The van der Waals surface area contributed by atoms with Crippen LogP contribution in [-0.4, -0.2) is 102 Å². The fourth-order valence-electron chi connectivity index (χ4n) is 13.4. The van der Waals surface area contributed by atoms with E-state index < -0.39 is 56.2 Å². The average molecular weight is 901 g/mol. The zero-order valence-electron chi connectivity index (χ0n) is 40.8. The van der Waals surface area contributed by atoms with Gasteiger partial charge < -0.3 is 20.9 Å². The Morgan fingerprint density at radius 3 is 1.97 bits per heavy atom. The molecule has 14 heteroatoms. The van der Waals surface area contributed by atoms with Crippen molar-refractivity contribution in [2.45, 2.75) is 226 Å². The first-order valence-corrected chi connectivity index (χ1v) is 26.6. The number of nitrogens with one attached hydrogen (secondary N) is 4. The molecule has 0 radical (unpaired) electrons. The molecule has 5 amide bonds. The summed E-state index contributed by atoms with van der Waals surface area (Å²) in [6.07, 6.45) is 14.0. The second-order valence-corrected chi connectivity index (χ2v) is 24.8. The lowest BCUT2D eigenvalue weighted by Crippen LogP contribution is -2.63. The molecule has 0 aromatic carbocycles. The molecular formula is C49H84N6O7S. The molecule has 2 saturated heterocycles. The molecule has 9 unspecified atom stereocenters. The molecule has 6 fully saturated rings. The van der Waals surface area contributed by atoms with Gasteiger partial charge in [-0.05, 0) is 119 Å². The number of hydrogen-bond donors (Lipinski definition) is 4. The number of rotatable bonds is 17. The van der Waals surface area contributed by atoms with Crippen molar-refractivity contribution in [1.29, 1.82) is 0 Å². The molecule has 2 spiro atoms. The number of piperidine rings is 1. The Kier molecular flexibility index (Phi) is 14.6. The second kappa shape index (κ2) is 18.5. The summed E-state index contributed by atoms with van der Waals surface area (Å²) in [7, 11) is -4.04. The standard InChI is InChI=1S/C49H84N6O7S/c1-12-21-33(13-2)32(6)63(61,62)53-44(60)49(28-35(49)14-3)52-41(57)37-29-48(46(10,11)47(48)25-20-26-47)30-55(37)43(59)39(45(7,8)9)51-42(58)38(34-22-16-15-17-23-34)50-40(56)36-24-18-19-27-54(36)31(4)5/h31-39H,12-30H2,1-11H3,(H,50,56)(H,51,58)(H,52,57)(H,53,60). The first-order chi connectivity index (χ1) is 29.5. The van der Waals surface area contributed by atoms with E-state index in [1.807, 2.05) is 41.5 Å². The number of carbonyl (C=O) groups is 5. The van der Waals surface area contributed by atoms with Crippen molar-refractivity contribution in [3.63, 3.8) is 0 Å². The molecule has 9 atom stereocenters. The summed E-state index contributed by atoms with van der Waals surface area (Å²) in [5.74, 6) is -2.46. The summed E-state index contributed by atoms with van der Waals surface area (Å²) in [6, 6.07) is -2.87. The maximum absolute atomic E-state index is 15.4. The van der Waals surface area contributed by atoms with Crippen LogP contribution in [-0.2, 0) is 34.0 Å². The summed E-state index contributed by atoms with van der Waals surface area (Å²) in [5.41, 5.74) is -2.63. The molecule has 13 nitrogen and oxygen atoms in total. The van der Waals surface area contributed by atoms with Gasteiger partial charge in [0.2, 0.25) is 33.7 Å². The highest BCUT2D eigenvalue weighted by molar-refractivity contribution is 7.90. The molecule has 63 heavy (non-hydrogen) atoms. The average Bonchev–Trinajstić information content (AvgIpc) is 3.95. The zero-order chi connectivity index (χ0) is 46.5. The number of amides is 5. The van der Waals surface area contributed by atoms with Crippen LogP contribution < -0.4 is 20.7 Å². The van der Waals surface area contributed by atoms with Gasteiger partial charge in [-0.2, -0.15) is 0 Å². The highest BCUT2D eigenvalue weighted by Gasteiger charge is 2.85. The van der Waals surface area contributed by atoms with Crippen LogP contribution in [0.5, 0.6) is 0 Å². The van der Waals surface area contributed by atoms with E-state index in [4.69, 9.17) is 0 Å². The minimum Gasteiger partial charge on any atom is -0.343 e. The molecular weight excluding hydrogens is 817 g/mol. The van der Waals surface area contributed by atoms with Crippen LogP contribution in [0.2, 0.25) is 0 Å². The lowest BCUT2D eigenvalue weighted by atomic mass is 9.73. The fourth-order valence-corrected chi connectivity index (χ4v) is 14.9. The van der Waals surface area contributed by atoms with Crippen LogP contribution in [0.4, 0.5) is 0 Å². The van der Waals surface area contributed by atoms with Crippen LogP contribution in [0.25, 0.3) is 0 Å². The first kappa shape index (κ1) is 49.7. The maximum Gasteiger partial charge on any atom is 0.259 e. The molecule has 0 bridgehead atoms. The van der Waals surface area contributed by atoms with Crippen molar-refractivity contribution in [3.05, 3.63) is 0 Å². The Morgan fingerprint density at radius 1 is 0.794 bits per heavy atom. The van der Waals surface area contributed by atoms with Crippen LogP contribution in [0.15, 0.2) is 0 Å². The quantitative estimate of drug-likeness (QED) is 0.127. The van der Waals surface area contributed by atoms with Crippen molar-refractivity contribution in [1.82, 2.24) is 30.5 Å². The summed E-state index contributed by atoms with van der Waals surface area (Å²) in [5, 5.41) is 8.70. The van der Waals surface area contributed by atoms with Gasteiger partial charge in [0.25, 0.3) is 5.91 Å². The third-order valence-corrected chi connectivity index (χ3v) is 19.8. The van der Waals surface area contributed by atoms with E-state index in [1.165, 1.54) is 0 Å². The lowest BCUT2D eigenvalue weighted by Gasteiger charge is -2.40. The molecule has 2 heterocycles. The number of likely N-dealkylation sites (tertiary alicyclic amines) is 2. The van der Waals surface area contributed by atoms with E-state index in [0.717, 1.165) is 90.0 Å². The van der Waals surface area contributed by atoms with E-state index >= 15 is 4.79 Å². The van der Waals surface area contributed by atoms with Crippen molar-refractivity contribution in [3.8, 4) is 0 Å². The largest absolute Gasteiger partial charge is 0.343 e. The molecule has 6 rings (SSSR count). The second-order valence-electron chi connectivity index (χ2n) is 22.8. The van der Waals surface area contributed by atoms with E-state index in [-0.39, 0.29) is 63.8 Å². The Morgan fingerprint density at radius 2 is 1.44 bits per heavy atom. The highest BCUT2D eigenvalue weighted by atomic mass is 32.2. The van der Waals surface area contributed by atoms with Crippen LogP contribution >= 0.6 is 0 Å². The van der Waals surface area contributed by atoms with E-state index in [1.54, 1.807) is 11.8 Å². The summed E-state index contributed by atoms with van der Waals surface area (Å²) in [4.78, 5) is 77.3. The number of fused-ring (bicyclic) bond motifs is 1. The smallest absolute Gasteiger partial charge is 0.259 e. The zero-order valence-corrected chi connectivity index (χ0v) is 41.6. The monoisotopic (exact) mass is 901 g/mol. The Balaban J connectivity index is 1.27. The van der Waals surface area contributed by atoms with Crippen molar-refractivity contribution >= 4 is 39.6 Å². The molecule has 358 valence electrons. The van der Waals surface area contributed by atoms with E-state index in [9.17, 15) is 27.6 Å². The normalized spacial score (nSPS) is 31.1. The molecule has 4 saturated carbocycles. The summed E-state index contributed by atoms with van der Waals surface area (Å²) >= 11 is 0.